The van der Waals surface area contributed by atoms with E-state index in [9.17, 15) is 4.79 Å². The highest BCUT2D eigenvalue weighted by Gasteiger charge is 2.28. The van der Waals surface area contributed by atoms with Crippen molar-refractivity contribution in [3.05, 3.63) is 54.1 Å². The molecule has 34 heavy (non-hydrogen) atoms. The van der Waals surface area contributed by atoms with Gasteiger partial charge in [-0.3, -0.25) is 4.79 Å². The molecule has 1 N–H and O–H groups in total. The van der Waals surface area contributed by atoms with Crippen LogP contribution in [0.15, 0.2) is 42.7 Å². The van der Waals surface area contributed by atoms with Crippen molar-refractivity contribution in [1.29, 1.82) is 0 Å². The molecule has 1 saturated heterocycles. The zero-order chi connectivity index (χ0) is 23.7. The first kappa shape index (κ1) is 22.5. The van der Waals surface area contributed by atoms with Crippen LogP contribution < -0.4 is 5.32 Å². The highest BCUT2D eigenvalue weighted by molar-refractivity contribution is 5.94. The van der Waals surface area contributed by atoms with E-state index in [1.165, 1.54) is 25.7 Å². The van der Waals surface area contributed by atoms with Crippen LogP contribution in [0.25, 0.3) is 11.4 Å². The Bertz CT molecular complexity index is 1150. The number of carbonyl (C=O) groups excluding carboxylic acids is 1. The number of amides is 1. The lowest BCUT2D eigenvalue weighted by Gasteiger charge is -2.20. The summed E-state index contributed by atoms with van der Waals surface area (Å²) in [5, 5.41) is 3.28. The molecule has 1 amide bonds. The standard InChI is InChI=1S/C26H33N7O/c1-18-28-16-24(33(18)21-6-4-5-7-21)23-12-14-27-26(30-23)29-20-10-8-19(9-11-20)25(34)32-15-13-22(17-32)31(2)3/h8-12,14,16,21-22H,4-7,13,15,17H2,1-3H3,(H,27,29,30)/t22-/m0/s1. The van der Waals surface area contributed by atoms with Crippen LogP contribution in [0, 0.1) is 6.92 Å². The molecule has 1 saturated carbocycles. The van der Waals surface area contributed by atoms with Gasteiger partial charge in [0.2, 0.25) is 5.95 Å². The smallest absolute Gasteiger partial charge is 0.253 e. The maximum Gasteiger partial charge on any atom is 0.253 e. The third-order valence-corrected chi connectivity index (χ3v) is 7.16. The monoisotopic (exact) mass is 459 g/mol. The summed E-state index contributed by atoms with van der Waals surface area (Å²) < 4.78 is 2.33. The first-order valence-corrected chi connectivity index (χ1v) is 12.2. The van der Waals surface area contributed by atoms with E-state index < -0.39 is 0 Å². The molecule has 2 fully saturated rings. The summed E-state index contributed by atoms with van der Waals surface area (Å²) in [6, 6.07) is 10.4. The van der Waals surface area contributed by atoms with Crippen LogP contribution in [0.4, 0.5) is 11.6 Å². The van der Waals surface area contributed by atoms with Gasteiger partial charge in [-0.2, -0.15) is 0 Å². The average molecular weight is 460 g/mol. The van der Waals surface area contributed by atoms with E-state index in [4.69, 9.17) is 4.98 Å². The summed E-state index contributed by atoms with van der Waals surface area (Å²) in [7, 11) is 4.14. The number of imidazole rings is 1. The Kier molecular flexibility index (Phi) is 6.32. The number of likely N-dealkylation sites (tertiary alicyclic amines) is 1. The van der Waals surface area contributed by atoms with Gasteiger partial charge in [-0.05, 0) is 70.6 Å². The highest BCUT2D eigenvalue weighted by atomic mass is 16.2. The predicted molar refractivity (Wildman–Crippen MR) is 133 cm³/mol. The van der Waals surface area contributed by atoms with Crippen LogP contribution in [0.5, 0.6) is 0 Å². The fourth-order valence-electron chi connectivity index (χ4n) is 5.18. The molecule has 2 aliphatic rings. The van der Waals surface area contributed by atoms with Gasteiger partial charge in [-0.1, -0.05) is 12.8 Å². The van der Waals surface area contributed by atoms with Crippen molar-refractivity contribution < 1.29 is 4.79 Å². The van der Waals surface area contributed by atoms with Crippen molar-refractivity contribution in [2.75, 3.05) is 32.5 Å². The van der Waals surface area contributed by atoms with E-state index in [1.54, 1.807) is 6.20 Å². The predicted octanol–water partition coefficient (Wildman–Crippen LogP) is 4.28. The topological polar surface area (TPSA) is 79.2 Å². The SMILES string of the molecule is Cc1ncc(-c2ccnc(Nc3ccc(C(=O)N4CC[C@H](N(C)C)C4)cc3)n2)n1C1CCCC1. The second kappa shape index (κ2) is 9.54. The molecule has 0 bridgehead atoms. The summed E-state index contributed by atoms with van der Waals surface area (Å²) in [5.74, 6) is 1.65. The van der Waals surface area contributed by atoms with Gasteiger partial charge < -0.3 is 19.7 Å². The molecular formula is C26H33N7O. The third kappa shape index (κ3) is 4.55. The lowest BCUT2D eigenvalue weighted by Crippen LogP contribution is -2.34. The molecule has 0 radical (unpaired) electrons. The largest absolute Gasteiger partial charge is 0.337 e. The number of nitrogens with zero attached hydrogens (tertiary/aromatic N) is 6. The van der Waals surface area contributed by atoms with E-state index >= 15 is 0 Å². The van der Waals surface area contributed by atoms with E-state index in [1.807, 2.05) is 41.4 Å². The van der Waals surface area contributed by atoms with Gasteiger partial charge in [0.15, 0.2) is 0 Å². The highest BCUT2D eigenvalue weighted by Crippen LogP contribution is 2.34. The number of benzene rings is 1. The van der Waals surface area contributed by atoms with Crippen molar-refractivity contribution in [2.45, 2.75) is 51.1 Å². The molecule has 3 heterocycles. The molecule has 1 aliphatic heterocycles. The van der Waals surface area contributed by atoms with Crippen LogP contribution in [0.3, 0.4) is 0 Å². The number of hydrogen-bond donors (Lipinski definition) is 1. The van der Waals surface area contributed by atoms with Gasteiger partial charge in [0.1, 0.15) is 5.82 Å². The molecule has 1 aromatic carbocycles. The number of carbonyl (C=O) groups is 1. The first-order chi connectivity index (χ1) is 16.5. The fourth-order valence-corrected chi connectivity index (χ4v) is 5.18. The molecule has 3 aromatic rings. The lowest BCUT2D eigenvalue weighted by molar-refractivity contribution is 0.0783. The number of rotatable bonds is 6. The Morgan fingerprint density at radius 1 is 1.06 bits per heavy atom. The van der Waals surface area contributed by atoms with E-state index in [2.05, 4.69) is 45.8 Å². The minimum Gasteiger partial charge on any atom is -0.337 e. The van der Waals surface area contributed by atoms with Gasteiger partial charge in [0.05, 0.1) is 17.6 Å². The molecule has 5 rings (SSSR count). The zero-order valence-corrected chi connectivity index (χ0v) is 20.2. The van der Waals surface area contributed by atoms with Gasteiger partial charge >= 0.3 is 0 Å². The first-order valence-electron chi connectivity index (χ1n) is 12.2. The number of hydrogen-bond acceptors (Lipinski definition) is 6. The van der Waals surface area contributed by atoms with Gasteiger partial charge in [-0.15, -0.1) is 0 Å². The molecule has 0 unspecified atom stereocenters. The number of aromatic nitrogens is 4. The zero-order valence-electron chi connectivity index (χ0n) is 20.2. The Morgan fingerprint density at radius 2 is 1.82 bits per heavy atom. The third-order valence-electron chi connectivity index (χ3n) is 7.16. The Morgan fingerprint density at radius 3 is 2.53 bits per heavy atom. The average Bonchev–Trinajstić information content (AvgIpc) is 3.60. The number of nitrogens with one attached hydrogen (secondary N) is 1. The van der Waals surface area contributed by atoms with E-state index in [-0.39, 0.29) is 5.91 Å². The molecule has 1 atom stereocenters. The Balaban J connectivity index is 1.29. The van der Waals surface area contributed by atoms with Crippen LogP contribution in [0.1, 0.15) is 54.3 Å². The van der Waals surface area contributed by atoms with Crippen LogP contribution in [-0.2, 0) is 0 Å². The van der Waals surface area contributed by atoms with Crippen LogP contribution >= 0.6 is 0 Å². The minimum absolute atomic E-state index is 0.0877. The second-order valence-electron chi connectivity index (χ2n) is 9.62. The maximum atomic E-state index is 12.9. The van der Waals surface area contributed by atoms with Crippen molar-refractivity contribution in [3.8, 4) is 11.4 Å². The summed E-state index contributed by atoms with van der Waals surface area (Å²) in [4.78, 5) is 30.8. The van der Waals surface area contributed by atoms with Crippen LogP contribution in [-0.4, -0.2) is 68.5 Å². The van der Waals surface area contributed by atoms with E-state index in [0.717, 1.165) is 42.4 Å². The maximum absolute atomic E-state index is 12.9. The van der Waals surface area contributed by atoms with Crippen molar-refractivity contribution in [3.63, 3.8) is 0 Å². The fraction of sp³-hybridized carbons (Fsp3) is 0.462. The van der Waals surface area contributed by atoms with Gasteiger partial charge in [0, 0.05) is 42.6 Å². The molecule has 0 spiro atoms. The number of likely N-dealkylation sites (N-methyl/N-ethyl adjacent to an activating group) is 1. The number of aryl methyl sites for hydroxylation is 1. The molecule has 8 nitrogen and oxygen atoms in total. The number of anilines is 2. The normalized spacial score (nSPS) is 18.7. The molecular weight excluding hydrogens is 426 g/mol. The summed E-state index contributed by atoms with van der Waals surface area (Å²) in [5.41, 5.74) is 3.45. The van der Waals surface area contributed by atoms with Gasteiger partial charge in [-0.25, -0.2) is 15.0 Å². The van der Waals surface area contributed by atoms with Crippen molar-refractivity contribution >= 4 is 17.5 Å². The molecule has 178 valence electrons. The molecule has 2 aromatic heterocycles. The van der Waals surface area contributed by atoms with Gasteiger partial charge in [0.25, 0.3) is 5.91 Å². The second-order valence-corrected chi connectivity index (χ2v) is 9.62. The van der Waals surface area contributed by atoms with Crippen molar-refractivity contribution in [2.24, 2.45) is 0 Å². The molecule has 8 heteroatoms. The quantitative estimate of drug-likeness (QED) is 0.593. The minimum atomic E-state index is 0.0877. The Labute approximate surface area is 201 Å². The summed E-state index contributed by atoms with van der Waals surface area (Å²) >= 11 is 0. The van der Waals surface area contributed by atoms with Crippen molar-refractivity contribution in [1.82, 2.24) is 29.3 Å². The summed E-state index contributed by atoms with van der Waals surface area (Å²) in [6.45, 7) is 3.65. The molecule has 1 aliphatic carbocycles. The van der Waals surface area contributed by atoms with E-state index in [0.29, 0.717) is 23.6 Å². The lowest BCUT2D eigenvalue weighted by atomic mass is 10.2. The summed E-state index contributed by atoms with van der Waals surface area (Å²) in [6.07, 6.45) is 9.63. The Hall–Kier alpha value is -3.26. The van der Waals surface area contributed by atoms with Crippen LogP contribution in [0.2, 0.25) is 0 Å².